The molecule has 2 atom stereocenters. The van der Waals surface area contributed by atoms with Gasteiger partial charge in [-0.3, -0.25) is 0 Å². The van der Waals surface area contributed by atoms with Gasteiger partial charge in [0.25, 0.3) is 0 Å². The van der Waals surface area contributed by atoms with Crippen molar-refractivity contribution in [3.8, 4) is 0 Å². The molecule has 0 spiro atoms. The van der Waals surface area contributed by atoms with Crippen molar-refractivity contribution in [2.45, 2.75) is 32.4 Å². The normalized spacial score (nSPS) is 14.5. The molecule has 2 heteroatoms. The molecular weight excluding hydrogens is 210 g/mol. The van der Waals surface area contributed by atoms with Crippen molar-refractivity contribution in [3.63, 3.8) is 0 Å². The van der Waals surface area contributed by atoms with Gasteiger partial charge in [0.2, 0.25) is 0 Å². The summed E-state index contributed by atoms with van der Waals surface area (Å²) in [5.74, 6) is 1.01. The predicted molar refractivity (Wildman–Crippen MR) is 69.7 cm³/mol. The van der Waals surface area contributed by atoms with Crippen molar-refractivity contribution in [1.82, 2.24) is 5.32 Å². The number of benzene rings is 1. The molecule has 0 saturated carbocycles. The summed E-state index contributed by atoms with van der Waals surface area (Å²) in [4.78, 5) is 0. The first-order chi connectivity index (χ1) is 8.31. The van der Waals surface area contributed by atoms with Crippen LogP contribution in [0.3, 0.4) is 0 Å². The van der Waals surface area contributed by atoms with E-state index in [1.807, 2.05) is 18.2 Å². The Bertz CT molecular complexity index is 421. The van der Waals surface area contributed by atoms with Gasteiger partial charge in [0.15, 0.2) is 0 Å². The average Bonchev–Trinajstić information content (AvgIpc) is 2.90. The van der Waals surface area contributed by atoms with Crippen molar-refractivity contribution in [2.24, 2.45) is 0 Å². The lowest BCUT2D eigenvalue weighted by Gasteiger charge is -2.21. The van der Waals surface area contributed by atoms with E-state index in [-0.39, 0.29) is 6.04 Å². The van der Waals surface area contributed by atoms with Crippen molar-refractivity contribution in [3.05, 3.63) is 60.1 Å². The van der Waals surface area contributed by atoms with Gasteiger partial charge in [-0.1, -0.05) is 37.3 Å². The third kappa shape index (κ3) is 2.98. The van der Waals surface area contributed by atoms with Crippen molar-refractivity contribution in [1.29, 1.82) is 0 Å². The summed E-state index contributed by atoms with van der Waals surface area (Å²) in [6.07, 6.45) is 2.75. The first-order valence-electron chi connectivity index (χ1n) is 6.15. The van der Waals surface area contributed by atoms with Crippen LogP contribution in [0.2, 0.25) is 0 Å². The maximum absolute atomic E-state index is 5.46. The second-order valence-electron chi connectivity index (χ2n) is 4.28. The predicted octanol–water partition coefficient (Wildman–Crippen LogP) is 4.08. The fourth-order valence-corrected chi connectivity index (χ4v) is 2.03. The van der Waals surface area contributed by atoms with E-state index < -0.39 is 0 Å². The first-order valence-corrected chi connectivity index (χ1v) is 6.15. The van der Waals surface area contributed by atoms with Crippen LogP contribution in [-0.4, -0.2) is 0 Å². The highest BCUT2D eigenvalue weighted by Gasteiger charge is 2.15. The standard InChI is InChI=1S/C15H19NO/c1-3-14(15-10-7-11-17-15)16-12(2)13-8-5-4-6-9-13/h4-12,14,16H,3H2,1-2H3/t12-,14?/m1/s1. The zero-order valence-electron chi connectivity index (χ0n) is 10.4. The molecule has 1 unspecified atom stereocenters. The van der Waals surface area contributed by atoms with Gasteiger partial charge >= 0.3 is 0 Å². The summed E-state index contributed by atoms with van der Waals surface area (Å²) < 4.78 is 5.46. The van der Waals surface area contributed by atoms with Gasteiger partial charge in [0.05, 0.1) is 12.3 Å². The van der Waals surface area contributed by atoms with Crippen molar-refractivity contribution in [2.75, 3.05) is 0 Å². The lowest BCUT2D eigenvalue weighted by Crippen LogP contribution is -2.23. The summed E-state index contributed by atoms with van der Waals surface area (Å²) in [7, 11) is 0. The van der Waals surface area contributed by atoms with E-state index in [1.54, 1.807) is 6.26 Å². The van der Waals surface area contributed by atoms with E-state index >= 15 is 0 Å². The van der Waals surface area contributed by atoms with E-state index in [0.717, 1.165) is 12.2 Å². The summed E-state index contributed by atoms with van der Waals surface area (Å²) in [5.41, 5.74) is 1.30. The van der Waals surface area contributed by atoms with Gasteiger partial charge in [0.1, 0.15) is 5.76 Å². The summed E-state index contributed by atoms with van der Waals surface area (Å²) in [6, 6.07) is 15.0. The third-order valence-corrected chi connectivity index (χ3v) is 3.05. The van der Waals surface area contributed by atoms with Gasteiger partial charge in [-0.2, -0.15) is 0 Å². The highest BCUT2D eigenvalue weighted by atomic mass is 16.3. The first kappa shape index (κ1) is 11.9. The monoisotopic (exact) mass is 229 g/mol. The molecule has 1 aromatic carbocycles. The van der Waals surface area contributed by atoms with E-state index in [4.69, 9.17) is 4.42 Å². The summed E-state index contributed by atoms with van der Waals surface area (Å²) >= 11 is 0. The largest absolute Gasteiger partial charge is 0.468 e. The minimum absolute atomic E-state index is 0.278. The topological polar surface area (TPSA) is 25.2 Å². The van der Waals surface area contributed by atoms with Crippen LogP contribution in [0.4, 0.5) is 0 Å². The molecule has 0 radical (unpaired) electrons. The molecule has 0 aliphatic heterocycles. The fraction of sp³-hybridized carbons (Fsp3) is 0.333. The lowest BCUT2D eigenvalue weighted by molar-refractivity contribution is 0.376. The third-order valence-electron chi connectivity index (χ3n) is 3.05. The van der Waals surface area contributed by atoms with Crippen LogP contribution in [-0.2, 0) is 0 Å². The maximum atomic E-state index is 5.46. The van der Waals surface area contributed by atoms with Gasteiger partial charge < -0.3 is 9.73 Å². The van der Waals surface area contributed by atoms with E-state index in [1.165, 1.54) is 5.56 Å². The van der Waals surface area contributed by atoms with Gasteiger partial charge in [0, 0.05) is 6.04 Å². The molecule has 0 amide bonds. The van der Waals surface area contributed by atoms with Crippen LogP contribution in [0, 0.1) is 0 Å². The zero-order chi connectivity index (χ0) is 12.1. The Hall–Kier alpha value is -1.54. The molecule has 0 aliphatic rings. The molecule has 0 bridgehead atoms. The van der Waals surface area contributed by atoms with E-state index in [0.29, 0.717) is 6.04 Å². The Morgan fingerprint density at radius 1 is 1.12 bits per heavy atom. The van der Waals surface area contributed by atoms with Crippen molar-refractivity contribution >= 4 is 0 Å². The van der Waals surface area contributed by atoms with Crippen LogP contribution < -0.4 is 5.32 Å². The molecule has 1 aromatic heterocycles. The molecular formula is C15H19NO. The minimum atomic E-state index is 0.278. The molecule has 2 rings (SSSR count). The number of nitrogens with one attached hydrogen (secondary N) is 1. The van der Waals surface area contributed by atoms with Gasteiger partial charge in [-0.25, -0.2) is 0 Å². The number of rotatable bonds is 5. The Morgan fingerprint density at radius 2 is 1.88 bits per heavy atom. The molecule has 2 nitrogen and oxygen atoms in total. The Kier molecular flexibility index (Phi) is 3.99. The molecule has 0 saturated heterocycles. The van der Waals surface area contributed by atoms with Crippen molar-refractivity contribution < 1.29 is 4.42 Å². The molecule has 17 heavy (non-hydrogen) atoms. The molecule has 0 aliphatic carbocycles. The Labute approximate surface area is 103 Å². The average molecular weight is 229 g/mol. The molecule has 2 aromatic rings. The molecule has 1 N–H and O–H groups in total. The second kappa shape index (κ2) is 5.69. The fourth-order valence-electron chi connectivity index (χ4n) is 2.03. The van der Waals surface area contributed by atoms with Crippen LogP contribution in [0.5, 0.6) is 0 Å². The van der Waals surface area contributed by atoms with E-state index in [9.17, 15) is 0 Å². The maximum Gasteiger partial charge on any atom is 0.120 e. The molecule has 0 fully saturated rings. The Balaban J connectivity index is 2.05. The lowest BCUT2D eigenvalue weighted by atomic mass is 10.1. The number of hydrogen-bond acceptors (Lipinski definition) is 2. The highest BCUT2D eigenvalue weighted by molar-refractivity contribution is 5.18. The zero-order valence-corrected chi connectivity index (χ0v) is 10.4. The second-order valence-corrected chi connectivity index (χ2v) is 4.28. The van der Waals surface area contributed by atoms with Crippen LogP contribution in [0.25, 0.3) is 0 Å². The van der Waals surface area contributed by atoms with Crippen LogP contribution in [0.1, 0.15) is 43.7 Å². The summed E-state index contributed by atoms with van der Waals surface area (Å²) in [5, 5.41) is 3.59. The highest BCUT2D eigenvalue weighted by Crippen LogP contribution is 2.22. The number of furan rings is 1. The van der Waals surface area contributed by atoms with Crippen LogP contribution >= 0.6 is 0 Å². The van der Waals surface area contributed by atoms with Crippen LogP contribution in [0.15, 0.2) is 53.1 Å². The smallest absolute Gasteiger partial charge is 0.120 e. The number of hydrogen-bond donors (Lipinski definition) is 1. The SMILES string of the molecule is CCC(N[C@H](C)c1ccccc1)c1ccco1. The summed E-state index contributed by atoms with van der Waals surface area (Å²) in [6.45, 7) is 4.35. The quantitative estimate of drug-likeness (QED) is 0.835. The van der Waals surface area contributed by atoms with Gasteiger partial charge in [-0.15, -0.1) is 0 Å². The Morgan fingerprint density at radius 3 is 2.47 bits per heavy atom. The van der Waals surface area contributed by atoms with Gasteiger partial charge in [-0.05, 0) is 31.0 Å². The molecule has 1 heterocycles. The molecule has 90 valence electrons. The van der Waals surface area contributed by atoms with E-state index in [2.05, 4.69) is 43.4 Å². The minimum Gasteiger partial charge on any atom is -0.468 e.